The van der Waals surface area contributed by atoms with E-state index in [1.54, 1.807) is 38.1 Å². The number of Topliss-reactive ketones (excluding diaryl/α,β-unsaturated/α-hetero) is 2. The molecule has 5 aromatic carbocycles. The highest BCUT2D eigenvalue weighted by Crippen LogP contribution is 2.45. The summed E-state index contributed by atoms with van der Waals surface area (Å²) in [6.45, 7) is 10.5. The van der Waals surface area contributed by atoms with E-state index < -0.39 is 30.3 Å². The van der Waals surface area contributed by atoms with Gasteiger partial charge in [-0.3, -0.25) is 24.0 Å². The van der Waals surface area contributed by atoms with Crippen LogP contribution >= 0.6 is 0 Å². The Morgan fingerprint density at radius 2 is 0.882 bits per heavy atom. The Hall–Kier alpha value is -7.74. The zero-order chi connectivity index (χ0) is 50.6. The van der Waals surface area contributed by atoms with E-state index in [2.05, 4.69) is 52.3 Å². The fourth-order valence-corrected chi connectivity index (χ4v) is 7.21. The maximum atomic E-state index is 11.9. The van der Waals surface area contributed by atoms with Crippen LogP contribution in [0.25, 0.3) is 22.3 Å². The highest BCUT2D eigenvalue weighted by atomic mass is 16.6. The molecule has 0 fully saturated rings. The highest BCUT2D eigenvalue weighted by Gasteiger charge is 2.30. The van der Waals surface area contributed by atoms with Crippen LogP contribution in [0.3, 0.4) is 0 Å². The Bertz CT molecular complexity index is 2390. The first-order valence-corrected chi connectivity index (χ1v) is 22.1. The number of aldehydes is 2. The molecule has 7 rings (SSSR count). The molecule has 0 heterocycles. The molecular weight excluding hydrogens is 867 g/mol. The number of nitrogens with one attached hydrogen (secondary N) is 3. The fourth-order valence-electron chi connectivity index (χ4n) is 7.21. The molecule has 3 atom stereocenters. The molecule has 356 valence electrons. The van der Waals surface area contributed by atoms with Crippen molar-refractivity contribution in [3.63, 3.8) is 0 Å². The van der Waals surface area contributed by atoms with Crippen molar-refractivity contribution in [2.75, 3.05) is 32.8 Å². The summed E-state index contributed by atoms with van der Waals surface area (Å²) < 4.78 is 16.7. The second kappa shape index (κ2) is 26.4. The van der Waals surface area contributed by atoms with Gasteiger partial charge in [0.1, 0.15) is 38.7 Å². The molecule has 3 unspecified atom stereocenters. The van der Waals surface area contributed by atoms with E-state index in [0.29, 0.717) is 24.2 Å². The van der Waals surface area contributed by atoms with Crippen molar-refractivity contribution in [1.29, 1.82) is 0 Å². The molecule has 0 saturated carbocycles. The Labute approximate surface area is 398 Å². The van der Waals surface area contributed by atoms with Gasteiger partial charge in [-0.15, -0.1) is 0 Å². The number of carboxylic acid groups (broad SMARTS) is 1. The summed E-state index contributed by atoms with van der Waals surface area (Å²) in [5, 5.41) is 16.6. The lowest BCUT2D eigenvalue weighted by Crippen LogP contribution is -2.32. The molecule has 3 amide bonds. The molecule has 0 radical (unpaired) electrons. The quantitative estimate of drug-likeness (QED) is 0.0730. The number of hydrogen-bond donors (Lipinski definition) is 4. The van der Waals surface area contributed by atoms with E-state index in [-0.39, 0.29) is 60.9 Å². The van der Waals surface area contributed by atoms with Crippen LogP contribution in [0.2, 0.25) is 0 Å². The van der Waals surface area contributed by atoms with Crippen LogP contribution in [0.15, 0.2) is 121 Å². The number of carbonyl (C=O) groups excluding carboxylic acids is 7. The van der Waals surface area contributed by atoms with Crippen LogP contribution in [0.4, 0.5) is 9.59 Å². The molecule has 14 nitrogen and oxygen atoms in total. The third kappa shape index (κ3) is 14.9. The third-order valence-electron chi connectivity index (χ3n) is 11.5. The van der Waals surface area contributed by atoms with Crippen molar-refractivity contribution >= 4 is 48.2 Å². The molecule has 14 heteroatoms. The number of alkyl carbamates (subject to hydrolysis) is 2. The Balaban J connectivity index is 0.000000220. The number of carboxylic acids is 1. The smallest absolute Gasteiger partial charge is 0.407 e. The van der Waals surface area contributed by atoms with Crippen LogP contribution in [-0.4, -0.2) is 86.1 Å². The van der Waals surface area contributed by atoms with Crippen molar-refractivity contribution < 1.29 is 54.3 Å². The predicted octanol–water partition coefficient (Wildman–Crippen LogP) is 8.66. The number of ketones is 2. The lowest BCUT2D eigenvalue weighted by atomic mass is 9.98. The lowest BCUT2D eigenvalue weighted by molar-refractivity contribution is -0.140. The first-order valence-electron chi connectivity index (χ1n) is 22.6. The number of aliphatic carboxylic acids is 1. The summed E-state index contributed by atoms with van der Waals surface area (Å²) >= 11 is 0. The zero-order valence-corrected chi connectivity index (χ0v) is 39.1. The van der Waals surface area contributed by atoms with Crippen molar-refractivity contribution in [2.45, 2.75) is 53.4 Å². The number of rotatable bonds is 15. The second-order valence-electron chi connectivity index (χ2n) is 16.3. The molecule has 0 aromatic heterocycles. The molecule has 0 bridgehead atoms. The minimum atomic E-state index is -0.950. The number of benzene rings is 5. The maximum Gasteiger partial charge on any atom is 0.407 e. The van der Waals surface area contributed by atoms with Crippen LogP contribution in [0, 0.1) is 17.8 Å². The van der Waals surface area contributed by atoms with Crippen molar-refractivity contribution in [2.24, 2.45) is 17.8 Å². The zero-order valence-electron chi connectivity index (χ0n) is 40.1. The van der Waals surface area contributed by atoms with Crippen LogP contribution in [-0.2, 0) is 28.7 Å². The number of ether oxygens (including phenoxy) is 2. The molecule has 2 aliphatic carbocycles. The van der Waals surface area contributed by atoms with Gasteiger partial charge in [-0.2, -0.15) is 0 Å². The van der Waals surface area contributed by atoms with E-state index in [4.69, 9.17) is 20.7 Å². The topological polar surface area (TPSA) is 211 Å². The lowest BCUT2D eigenvalue weighted by Gasteiger charge is -2.15. The van der Waals surface area contributed by atoms with Crippen LogP contribution in [0.1, 0.15) is 97.7 Å². The van der Waals surface area contributed by atoms with Gasteiger partial charge in [-0.05, 0) is 77.4 Å². The first kappa shape index (κ1) is 51.2. The monoisotopic (exact) mass is 926 g/mol. The van der Waals surface area contributed by atoms with Crippen LogP contribution < -0.4 is 16.0 Å². The summed E-state index contributed by atoms with van der Waals surface area (Å²) in [5.74, 6) is -2.09. The summed E-state index contributed by atoms with van der Waals surface area (Å²) in [7, 11) is 0. The number of carbonyl (C=O) groups is 8. The Morgan fingerprint density at radius 3 is 1.21 bits per heavy atom. The van der Waals surface area contributed by atoms with Gasteiger partial charge in [0.05, 0.1) is 5.92 Å². The Morgan fingerprint density at radius 1 is 0.559 bits per heavy atom. The first-order chi connectivity index (χ1) is 32.9. The predicted molar refractivity (Wildman–Crippen MR) is 259 cm³/mol. The molecule has 5 aromatic rings. The van der Waals surface area contributed by atoms with Crippen molar-refractivity contribution in [3.05, 3.63) is 155 Å². The molecule has 0 saturated heterocycles. The van der Waals surface area contributed by atoms with Gasteiger partial charge in [0.2, 0.25) is 0 Å². The fraction of sp³-hybridized carbons (Fsp3) is 0.296. The summed E-state index contributed by atoms with van der Waals surface area (Å²) in [4.78, 5) is 87.9. The Kier molecular flexibility index (Phi) is 19.9. The minimum absolute atomic E-state index is 0.0000437. The van der Waals surface area contributed by atoms with E-state index in [0.717, 1.165) is 17.4 Å². The molecule has 2 aliphatic rings. The van der Waals surface area contributed by atoms with E-state index in [1.165, 1.54) is 61.1 Å². The van der Waals surface area contributed by atoms with Gasteiger partial charge in [0.25, 0.3) is 5.91 Å². The van der Waals surface area contributed by atoms with Crippen LogP contribution in [0.5, 0.6) is 0 Å². The van der Waals surface area contributed by atoms with Crippen molar-refractivity contribution in [1.82, 2.24) is 16.0 Å². The average molecular weight is 927 g/mol. The van der Waals surface area contributed by atoms with E-state index in [9.17, 15) is 33.6 Å². The highest BCUT2D eigenvalue weighted by molar-refractivity contribution is 5.95. The van der Waals surface area contributed by atoms with Gasteiger partial charge >= 0.3 is 18.2 Å². The molecule has 4 N–H and O–H groups in total. The maximum absolute atomic E-state index is 11.9. The van der Waals surface area contributed by atoms with Gasteiger partial charge in [0.15, 0.2) is 0 Å². The van der Waals surface area contributed by atoms with Gasteiger partial charge in [-0.25, -0.2) is 9.59 Å². The largest absolute Gasteiger partial charge is 0.481 e. The molecule has 68 heavy (non-hydrogen) atoms. The summed E-state index contributed by atoms with van der Waals surface area (Å²) in [6.07, 6.45) is -0.936. The van der Waals surface area contributed by atoms with E-state index >= 15 is 0 Å². The van der Waals surface area contributed by atoms with E-state index in [1.807, 2.05) is 60.7 Å². The molecule has 0 aliphatic heterocycles. The standard InChI is InChI=1S/C20H21NO3.C19H19NO4.C13H15NO3.C2H4O/c1-13(14(2)22)11-21-20(23)24-12-19-17-9-5-3-7-15(17)16-8-4-6-10-18(16)19;1-12(18(21)22)10-20-19(23)24-11-17-15-8-4-2-6-13(15)14-7-3-5-9-16(14)17;1-9(10(2)16)7-14-13(17)12-5-3-11(8-15)4-6-12;1-2-3/h3-10,13,19H,11-12H2,1-2H3,(H,21,23);2-9,12,17H,10-11H2,1H3,(H,20,23)(H,21,22);3-6,8-9H,7H2,1-2H3,(H,14,17);2H,1H3/i;;;2D. The minimum Gasteiger partial charge on any atom is -0.481 e. The van der Waals surface area contributed by atoms with Crippen molar-refractivity contribution in [3.8, 4) is 22.3 Å². The summed E-state index contributed by atoms with van der Waals surface area (Å²) in [5.41, 5.74) is 10.4. The van der Waals surface area contributed by atoms with Gasteiger partial charge < -0.3 is 35.3 Å². The SMILES string of the molecule is CC(=O)C(C)CNC(=O)OCC1c2ccccc2-c2ccccc21.CC(=O)C(C)CNC(=O)c1ccc(C=O)cc1.CC(CNC(=O)OCC1c2ccccc2-c2ccccc21)C(=O)O.[2H]C(C)=O. The number of fused-ring (bicyclic) bond motifs is 6. The third-order valence-corrected chi connectivity index (χ3v) is 11.5. The number of amides is 3. The second-order valence-corrected chi connectivity index (χ2v) is 16.3. The number of hydrogen-bond acceptors (Lipinski definition) is 10. The molecule has 0 spiro atoms. The average Bonchev–Trinajstić information content (AvgIpc) is 3.84. The normalized spacial score (nSPS) is 13.0. The van der Waals surface area contributed by atoms with Gasteiger partial charge in [-0.1, -0.05) is 130 Å². The summed E-state index contributed by atoms with van der Waals surface area (Å²) in [6, 6.07) is 38.9. The molecular formula is C54H59N3O11. The van der Waals surface area contributed by atoms with Gasteiger partial charge in [0, 0.05) is 54.4 Å².